The highest BCUT2D eigenvalue weighted by Crippen LogP contribution is 2.30. The summed E-state index contributed by atoms with van der Waals surface area (Å²) >= 11 is 6.70. The van der Waals surface area contributed by atoms with Crippen LogP contribution in [0.15, 0.2) is 89.9 Å². The van der Waals surface area contributed by atoms with Gasteiger partial charge in [0.15, 0.2) is 0 Å². The van der Waals surface area contributed by atoms with Gasteiger partial charge in [0.1, 0.15) is 10.8 Å². The molecule has 0 unspecified atom stereocenters. The molecule has 0 saturated heterocycles. The van der Waals surface area contributed by atoms with E-state index < -0.39 is 0 Å². The molecule has 1 heterocycles. The fourth-order valence-corrected chi connectivity index (χ4v) is 3.09. The number of benzene rings is 3. The molecule has 4 aromatic rings. The van der Waals surface area contributed by atoms with E-state index in [-0.39, 0.29) is 0 Å². The molecule has 0 aliphatic rings. The maximum absolute atomic E-state index is 6.70. The number of nitrogens with zero attached hydrogens (tertiary/aromatic N) is 3. The first-order valence-corrected chi connectivity index (χ1v) is 8.90. The number of halogens is 1. The summed E-state index contributed by atoms with van der Waals surface area (Å²) in [5.41, 5.74) is 10.7. The summed E-state index contributed by atoms with van der Waals surface area (Å²) in [6, 6.07) is 27.2. The van der Waals surface area contributed by atoms with Crippen LogP contribution < -0.4 is 5.73 Å². The van der Waals surface area contributed by atoms with Gasteiger partial charge in [-0.3, -0.25) is 4.99 Å². The number of aliphatic imine (C=N–C) groups is 1. The number of hydrogen-bond donors (Lipinski definition) is 1. The van der Waals surface area contributed by atoms with Gasteiger partial charge in [0, 0.05) is 11.8 Å². The maximum Gasteiger partial charge on any atom is 0.142 e. The summed E-state index contributed by atoms with van der Waals surface area (Å²) in [5.74, 6) is 0. The fraction of sp³-hybridized carbons (Fsp3) is 0. The summed E-state index contributed by atoms with van der Waals surface area (Å²) in [7, 11) is 0. The molecular weight excluding hydrogens is 356 g/mol. The van der Waals surface area contributed by atoms with Crippen molar-refractivity contribution in [1.29, 1.82) is 0 Å². The third-order valence-corrected chi connectivity index (χ3v) is 4.54. The van der Waals surface area contributed by atoms with Gasteiger partial charge in [-0.25, -0.2) is 4.68 Å². The number of nitrogen functional groups attached to an aromatic ring is 1. The molecule has 3 aromatic carbocycles. The number of anilines is 1. The number of para-hydroxylation sites is 3. The first kappa shape index (κ1) is 17.1. The van der Waals surface area contributed by atoms with Crippen LogP contribution in [0.3, 0.4) is 0 Å². The van der Waals surface area contributed by atoms with Crippen LogP contribution in [0.25, 0.3) is 16.9 Å². The summed E-state index contributed by atoms with van der Waals surface area (Å²) in [6.07, 6.45) is 1.72. The third kappa shape index (κ3) is 3.48. The van der Waals surface area contributed by atoms with Crippen molar-refractivity contribution >= 4 is 29.2 Å². The van der Waals surface area contributed by atoms with Gasteiger partial charge in [-0.05, 0) is 24.3 Å². The average Bonchev–Trinajstić information content (AvgIpc) is 3.05. The molecule has 132 valence electrons. The van der Waals surface area contributed by atoms with Gasteiger partial charge < -0.3 is 5.73 Å². The van der Waals surface area contributed by atoms with Crippen LogP contribution in [0.2, 0.25) is 5.15 Å². The number of rotatable bonds is 4. The summed E-state index contributed by atoms with van der Waals surface area (Å²) < 4.78 is 1.72. The quantitative estimate of drug-likeness (QED) is 0.378. The van der Waals surface area contributed by atoms with Crippen molar-refractivity contribution in [2.24, 2.45) is 4.99 Å². The normalized spacial score (nSPS) is 11.1. The first-order chi connectivity index (χ1) is 13.2. The molecule has 4 rings (SSSR count). The van der Waals surface area contributed by atoms with Gasteiger partial charge in [-0.1, -0.05) is 72.3 Å². The molecule has 0 fully saturated rings. The lowest BCUT2D eigenvalue weighted by Gasteiger charge is -2.02. The van der Waals surface area contributed by atoms with E-state index in [2.05, 4.69) is 4.99 Å². The fourth-order valence-electron chi connectivity index (χ4n) is 2.81. The van der Waals surface area contributed by atoms with E-state index >= 15 is 0 Å². The van der Waals surface area contributed by atoms with Gasteiger partial charge in [0.2, 0.25) is 0 Å². The second kappa shape index (κ2) is 7.48. The van der Waals surface area contributed by atoms with Gasteiger partial charge in [-0.2, -0.15) is 5.10 Å². The topological polar surface area (TPSA) is 56.2 Å². The van der Waals surface area contributed by atoms with Gasteiger partial charge in [0.25, 0.3) is 0 Å². The molecule has 4 nitrogen and oxygen atoms in total. The summed E-state index contributed by atoms with van der Waals surface area (Å²) in [5, 5.41) is 5.25. The molecule has 0 atom stereocenters. The van der Waals surface area contributed by atoms with Crippen LogP contribution in [0, 0.1) is 0 Å². The highest BCUT2D eigenvalue weighted by Gasteiger charge is 2.17. The molecule has 0 aliphatic carbocycles. The van der Waals surface area contributed by atoms with Crippen molar-refractivity contribution < 1.29 is 0 Å². The van der Waals surface area contributed by atoms with Crippen molar-refractivity contribution in [1.82, 2.24) is 9.78 Å². The predicted octanol–water partition coefficient (Wildman–Crippen LogP) is 5.53. The predicted molar refractivity (Wildman–Crippen MR) is 112 cm³/mol. The highest BCUT2D eigenvalue weighted by atomic mass is 35.5. The van der Waals surface area contributed by atoms with Crippen LogP contribution >= 0.6 is 11.6 Å². The van der Waals surface area contributed by atoms with Crippen molar-refractivity contribution in [3.8, 4) is 16.9 Å². The third-order valence-electron chi connectivity index (χ3n) is 4.18. The number of hydrogen-bond acceptors (Lipinski definition) is 3. The molecular formula is C22H17ClN4. The van der Waals surface area contributed by atoms with Crippen molar-refractivity contribution in [2.75, 3.05) is 5.73 Å². The largest absolute Gasteiger partial charge is 0.397 e. The molecule has 0 radical (unpaired) electrons. The molecule has 0 bridgehead atoms. The SMILES string of the molecule is Nc1ccccc1N=Cc1c(-c2ccccc2)nn(-c2ccccc2)c1Cl. The van der Waals surface area contributed by atoms with E-state index in [1.807, 2.05) is 84.9 Å². The van der Waals surface area contributed by atoms with Crippen LogP contribution in [-0.2, 0) is 0 Å². The van der Waals surface area contributed by atoms with Gasteiger partial charge >= 0.3 is 0 Å². The Kier molecular flexibility index (Phi) is 4.73. The van der Waals surface area contributed by atoms with E-state index in [1.54, 1.807) is 10.9 Å². The lowest BCUT2D eigenvalue weighted by molar-refractivity contribution is 0.885. The lowest BCUT2D eigenvalue weighted by atomic mass is 10.1. The highest BCUT2D eigenvalue weighted by molar-refractivity contribution is 6.33. The van der Waals surface area contributed by atoms with E-state index in [4.69, 9.17) is 22.4 Å². The molecule has 27 heavy (non-hydrogen) atoms. The van der Waals surface area contributed by atoms with E-state index in [0.29, 0.717) is 16.5 Å². The maximum atomic E-state index is 6.70. The Balaban J connectivity index is 1.86. The van der Waals surface area contributed by atoms with Crippen LogP contribution in [0.5, 0.6) is 0 Å². The molecule has 0 spiro atoms. The second-order valence-electron chi connectivity index (χ2n) is 5.98. The molecule has 5 heteroatoms. The molecule has 2 N–H and O–H groups in total. The minimum absolute atomic E-state index is 0.498. The van der Waals surface area contributed by atoms with Crippen LogP contribution in [0.1, 0.15) is 5.56 Å². The van der Waals surface area contributed by atoms with E-state index in [1.165, 1.54) is 0 Å². The number of aromatic nitrogens is 2. The Morgan fingerprint density at radius 3 is 2.19 bits per heavy atom. The Bertz CT molecular complexity index is 1090. The Morgan fingerprint density at radius 1 is 0.852 bits per heavy atom. The van der Waals surface area contributed by atoms with Gasteiger partial charge in [-0.15, -0.1) is 0 Å². The Morgan fingerprint density at radius 2 is 1.48 bits per heavy atom. The number of nitrogens with two attached hydrogens (primary N) is 1. The smallest absolute Gasteiger partial charge is 0.142 e. The standard InChI is InChI=1S/C22H17ClN4/c23-22-18(15-25-20-14-8-7-13-19(20)24)21(16-9-3-1-4-10-16)26-27(22)17-11-5-2-6-12-17/h1-15H,24H2. The molecule has 0 amide bonds. The molecule has 0 saturated carbocycles. The molecule has 0 aliphatic heterocycles. The first-order valence-electron chi connectivity index (χ1n) is 8.52. The monoisotopic (exact) mass is 372 g/mol. The average molecular weight is 373 g/mol. The van der Waals surface area contributed by atoms with Crippen LogP contribution in [0.4, 0.5) is 11.4 Å². The Hall–Kier alpha value is -3.37. The van der Waals surface area contributed by atoms with Crippen molar-refractivity contribution in [3.63, 3.8) is 0 Å². The molecule has 1 aromatic heterocycles. The van der Waals surface area contributed by atoms with E-state index in [9.17, 15) is 0 Å². The zero-order valence-electron chi connectivity index (χ0n) is 14.5. The zero-order chi connectivity index (χ0) is 18.6. The van der Waals surface area contributed by atoms with E-state index in [0.717, 1.165) is 22.5 Å². The summed E-state index contributed by atoms with van der Waals surface area (Å²) in [4.78, 5) is 4.54. The minimum Gasteiger partial charge on any atom is -0.397 e. The van der Waals surface area contributed by atoms with Crippen molar-refractivity contribution in [3.05, 3.63) is 95.6 Å². The zero-order valence-corrected chi connectivity index (χ0v) is 15.2. The second-order valence-corrected chi connectivity index (χ2v) is 6.34. The minimum atomic E-state index is 0.498. The van der Waals surface area contributed by atoms with Crippen molar-refractivity contribution in [2.45, 2.75) is 0 Å². The lowest BCUT2D eigenvalue weighted by Crippen LogP contribution is -1.96. The Labute approximate surface area is 162 Å². The van der Waals surface area contributed by atoms with Gasteiger partial charge in [0.05, 0.1) is 22.6 Å². The van der Waals surface area contributed by atoms with Crippen LogP contribution in [-0.4, -0.2) is 16.0 Å². The summed E-state index contributed by atoms with van der Waals surface area (Å²) in [6.45, 7) is 0.